The minimum Gasteiger partial charge on any atom is -0.312 e. The van der Waals surface area contributed by atoms with E-state index in [-0.39, 0.29) is 5.91 Å². The predicted octanol–water partition coefficient (Wildman–Crippen LogP) is 3.21. The fourth-order valence-electron chi connectivity index (χ4n) is 1.37. The van der Waals surface area contributed by atoms with E-state index in [1.54, 1.807) is 4.90 Å². The first-order chi connectivity index (χ1) is 6.96. The summed E-state index contributed by atoms with van der Waals surface area (Å²) in [6.07, 6.45) is 0. The van der Waals surface area contributed by atoms with Crippen molar-refractivity contribution in [1.82, 2.24) is 0 Å². The molecule has 0 unspecified atom stereocenters. The zero-order valence-corrected chi connectivity index (χ0v) is 10.9. The summed E-state index contributed by atoms with van der Waals surface area (Å²) in [6.45, 7) is 6.38. The van der Waals surface area contributed by atoms with Crippen LogP contribution in [-0.4, -0.2) is 16.8 Å². The SMILES string of the molecule is CCN(C(=O)C(C)(C)Br)c1ccccc1. The molecule has 0 aliphatic carbocycles. The van der Waals surface area contributed by atoms with E-state index in [0.717, 1.165) is 5.69 Å². The fourth-order valence-corrected chi connectivity index (χ4v) is 1.59. The topological polar surface area (TPSA) is 20.3 Å². The van der Waals surface area contributed by atoms with Crippen LogP contribution in [0.5, 0.6) is 0 Å². The number of rotatable bonds is 3. The Hall–Kier alpha value is -0.830. The van der Waals surface area contributed by atoms with Gasteiger partial charge in [0.15, 0.2) is 0 Å². The number of carbonyl (C=O) groups excluding carboxylic acids is 1. The van der Waals surface area contributed by atoms with Crippen molar-refractivity contribution in [2.45, 2.75) is 25.1 Å². The Morgan fingerprint density at radius 3 is 2.27 bits per heavy atom. The van der Waals surface area contributed by atoms with Gasteiger partial charge >= 0.3 is 0 Å². The lowest BCUT2D eigenvalue weighted by atomic mass is 10.1. The highest BCUT2D eigenvalue weighted by Crippen LogP contribution is 2.23. The maximum Gasteiger partial charge on any atom is 0.243 e. The molecule has 2 nitrogen and oxygen atoms in total. The van der Waals surface area contributed by atoms with E-state index in [9.17, 15) is 4.79 Å². The first-order valence-electron chi connectivity index (χ1n) is 5.02. The molecule has 0 atom stereocenters. The van der Waals surface area contributed by atoms with Gasteiger partial charge in [-0.05, 0) is 32.9 Å². The number of para-hydroxylation sites is 1. The Morgan fingerprint density at radius 2 is 1.87 bits per heavy atom. The van der Waals surface area contributed by atoms with Crippen LogP contribution in [0, 0.1) is 0 Å². The highest BCUT2D eigenvalue weighted by molar-refractivity contribution is 9.10. The smallest absolute Gasteiger partial charge is 0.243 e. The molecule has 0 radical (unpaired) electrons. The van der Waals surface area contributed by atoms with Gasteiger partial charge in [0.05, 0.1) is 4.32 Å². The van der Waals surface area contributed by atoms with E-state index in [2.05, 4.69) is 15.9 Å². The summed E-state index contributed by atoms with van der Waals surface area (Å²) >= 11 is 3.39. The van der Waals surface area contributed by atoms with Crippen molar-refractivity contribution in [3.63, 3.8) is 0 Å². The monoisotopic (exact) mass is 269 g/mol. The molecule has 3 heteroatoms. The number of nitrogens with zero attached hydrogens (tertiary/aromatic N) is 1. The number of amides is 1. The van der Waals surface area contributed by atoms with Crippen LogP contribution in [0.4, 0.5) is 5.69 Å². The van der Waals surface area contributed by atoms with E-state index in [4.69, 9.17) is 0 Å². The molecule has 0 aliphatic heterocycles. The summed E-state index contributed by atoms with van der Waals surface area (Å²) in [4.78, 5) is 13.8. The van der Waals surface area contributed by atoms with Gasteiger partial charge in [0.2, 0.25) is 5.91 Å². The average molecular weight is 270 g/mol. The Labute approximate surface area is 99.4 Å². The lowest BCUT2D eigenvalue weighted by Crippen LogP contribution is -2.41. The number of hydrogen-bond acceptors (Lipinski definition) is 1. The van der Waals surface area contributed by atoms with E-state index in [0.29, 0.717) is 6.54 Å². The zero-order chi connectivity index (χ0) is 11.5. The van der Waals surface area contributed by atoms with E-state index < -0.39 is 4.32 Å². The molecule has 1 aromatic rings. The predicted molar refractivity (Wildman–Crippen MR) is 67.5 cm³/mol. The Balaban J connectivity index is 2.96. The quantitative estimate of drug-likeness (QED) is 0.772. The van der Waals surface area contributed by atoms with Crippen molar-refractivity contribution in [2.75, 3.05) is 11.4 Å². The van der Waals surface area contributed by atoms with Crippen molar-refractivity contribution < 1.29 is 4.79 Å². The molecule has 1 amide bonds. The molecule has 0 saturated carbocycles. The zero-order valence-electron chi connectivity index (χ0n) is 9.33. The molecule has 82 valence electrons. The fraction of sp³-hybridized carbons (Fsp3) is 0.417. The number of alkyl halides is 1. The normalized spacial score (nSPS) is 11.2. The van der Waals surface area contributed by atoms with E-state index in [1.807, 2.05) is 51.1 Å². The van der Waals surface area contributed by atoms with Gasteiger partial charge in [0, 0.05) is 12.2 Å². The number of hydrogen-bond donors (Lipinski definition) is 0. The summed E-state index contributed by atoms with van der Waals surface area (Å²) < 4.78 is -0.515. The summed E-state index contributed by atoms with van der Waals surface area (Å²) in [6, 6.07) is 9.71. The summed E-state index contributed by atoms with van der Waals surface area (Å²) in [5, 5.41) is 0. The lowest BCUT2D eigenvalue weighted by molar-refractivity contribution is -0.119. The van der Waals surface area contributed by atoms with Crippen molar-refractivity contribution in [1.29, 1.82) is 0 Å². The average Bonchev–Trinajstić information content (AvgIpc) is 2.19. The second-order valence-electron chi connectivity index (χ2n) is 3.86. The molecule has 1 aromatic carbocycles. The van der Waals surface area contributed by atoms with Gasteiger partial charge in [-0.2, -0.15) is 0 Å². The van der Waals surface area contributed by atoms with Crippen LogP contribution < -0.4 is 4.90 Å². The highest BCUT2D eigenvalue weighted by Gasteiger charge is 2.28. The first kappa shape index (κ1) is 12.2. The summed E-state index contributed by atoms with van der Waals surface area (Å²) in [5.41, 5.74) is 0.942. The summed E-state index contributed by atoms with van der Waals surface area (Å²) in [5.74, 6) is 0.0798. The standard InChI is InChI=1S/C12H16BrNO/c1-4-14(11(15)12(2,3)13)10-8-6-5-7-9-10/h5-9H,4H2,1-3H3. The maximum atomic E-state index is 12.1. The Bertz CT molecular complexity index is 329. The minimum atomic E-state index is -0.515. The third-order valence-corrected chi connectivity index (χ3v) is 2.48. The van der Waals surface area contributed by atoms with Crippen molar-refractivity contribution >= 4 is 27.5 Å². The van der Waals surface area contributed by atoms with Crippen LogP contribution in [0.1, 0.15) is 20.8 Å². The van der Waals surface area contributed by atoms with Crippen molar-refractivity contribution in [2.24, 2.45) is 0 Å². The first-order valence-corrected chi connectivity index (χ1v) is 5.82. The molecule has 0 heterocycles. The van der Waals surface area contributed by atoms with Crippen LogP contribution >= 0.6 is 15.9 Å². The number of benzene rings is 1. The van der Waals surface area contributed by atoms with Gasteiger partial charge in [0.1, 0.15) is 0 Å². The lowest BCUT2D eigenvalue weighted by Gasteiger charge is -2.27. The van der Waals surface area contributed by atoms with Gasteiger partial charge in [-0.3, -0.25) is 4.79 Å². The molecule has 0 aliphatic rings. The maximum absolute atomic E-state index is 12.1. The number of halogens is 1. The molecule has 0 aromatic heterocycles. The molecule has 15 heavy (non-hydrogen) atoms. The van der Waals surface area contributed by atoms with E-state index >= 15 is 0 Å². The molecule has 0 saturated heterocycles. The van der Waals surface area contributed by atoms with Crippen LogP contribution in [0.3, 0.4) is 0 Å². The van der Waals surface area contributed by atoms with Crippen LogP contribution in [0.25, 0.3) is 0 Å². The second kappa shape index (κ2) is 4.79. The van der Waals surface area contributed by atoms with Crippen molar-refractivity contribution in [3.8, 4) is 0 Å². The molecule has 0 fully saturated rings. The third-order valence-electron chi connectivity index (χ3n) is 2.14. The minimum absolute atomic E-state index is 0.0798. The third kappa shape index (κ3) is 3.06. The molecular weight excluding hydrogens is 254 g/mol. The molecule has 0 bridgehead atoms. The van der Waals surface area contributed by atoms with Gasteiger partial charge in [-0.25, -0.2) is 0 Å². The molecule has 1 rings (SSSR count). The second-order valence-corrected chi connectivity index (χ2v) is 5.84. The Kier molecular flexibility index (Phi) is 3.91. The van der Waals surface area contributed by atoms with Crippen LogP contribution in [0.15, 0.2) is 30.3 Å². The van der Waals surface area contributed by atoms with Gasteiger partial charge in [0.25, 0.3) is 0 Å². The van der Waals surface area contributed by atoms with Gasteiger partial charge in [-0.1, -0.05) is 34.1 Å². The molecular formula is C12H16BrNO. The number of anilines is 1. The van der Waals surface area contributed by atoms with Crippen LogP contribution in [-0.2, 0) is 4.79 Å². The van der Waals surface area contributed by atoms with Gasteiger partial charge in [-0.15, -0.1) is 0 Å². The highest BCUT2D eigenvalue weighted by atomic mass is 79.9. The Morgan fingerprint density at radius 1 is 1.33 bits per heavy atom. The molecule has 0 N–H and O–H groups in total. The largest absolute Gasteiger partial charge is 0.312 e. The van der Waals surface area contributed by atoms with E-state index in [1.165, 1.54) is 0 Å². The van der Waals surface area contributed by atoms with Crippen LogP contribution in [0.2, 0.25) is 0 Å². The molecule has 0 spiro atoms. The van der Waals surface area contributed by atoms with Gasteiger partial charge < -0.3 is 4.90 Å². The number of carbonyl (C=O) groups is 1. The summed E-state index contributed by atoms with van der Waals surface area (Å²) in [7, 11) is 0. The van der Waals surface area contributed by atoms with Crippen molar-refractivity contribution in [3.05, 3.63) is 30.3 Å².